The molecule has 1 unspecified atom stereocenters. The molecule has 0 aromatic carbocycles. The summed E-state index contributed by atoms with van der Waals surface area (Å²) < 4.78 is 6.34. The maximum absolute atomic E-state index is 6.71. The maximum Gasteiger partial charge on any atom is 0.0638 e. The van der Waals surface area contributed by atoms with Crippen molar-refractivity contribution in [3.8, 4) is 0 Å². The quantitative estimate of drug-likeness (QED) is 0.451. The summed E-state index contributed by atoms with van der Waals surface area (Å²) in [5.74, 6) is 0. The molecule has 0 amide bonds. The van der Waals surface area contributed by atoms with Gasteiger partial charge in [-0.05, 0) is 51.0 Å². The molecule has 0 radical (unpaired) electrons. The second-order valence-corrected chi connectivity index (χ2v) is 11.1. The van der Waals surface area contributed by atoms with Crippen molar-refractivity contribution >= 4 is 0 Å². The standard InChI is InChI=1S/C22H49N3O/c1-17(2)24-13-12-21(9,10)26-16-19(5,6)14-20(7,8)22(11,23)15-25-18(3)4/h17-18,24-25H,12-16,23H2,1-11H3. The van der Waals surface area contributed by atoms with Gasteiger partial charge in [0.2, 0.25) is 0 Å². The molecule has 0 aliphatic heterocycles. The number of nitrogens with one attached hydrogen (secondary N) is 2. The Morgan fingerprint density at radius 1 is 0.846 bits per heavy atom. The van der Waals surface area contributed by atoms with Crippen LogP contribution in [0.15, 0.2) is 0 Å². The monoisotopic (exact) mass is 371 g/mol. The number of ether oxygens (including phenoxy) is 1. The fourth-order valence-electron chi connectivity index (χ4n) is 3.23. The minimum absolute atomic E-state index is 0.00505. The van der Waals surface area contributed by atoms with Crippen molar-refractivity contribution in [2.45, 2.75) is 112 Å². The fourth-order valence-corrected chi connectivity index (χ4v) is 3.23. The summed E-state index contributed by atoms with van der Waals surface area (Å²) in [5, 5.41) is 6.98. The molecule has 0 rings (SSSR count). The molecule has 0 aliphatic carbocycles. The van der Waals surface area contributed by atoms with E-state index in [1.54, 1.807) is 0 Å². The van der Waals surface area contributed by atoms with E-state index in [0.717, 1.165) is 32.5 Å². The van der Waals surface area contributed by atoms with Gasteiger partial charge in [0, 0.05) is 24.2 Å². The smallest absolute Gasteiger partial charge is 0.0638 e. The van der Waals surface area contributed by atoms with Gasteiger partial charge in [0.15, 0.2) is 0 Å². The summed E-state index contributed by atoms with van der Waals surface area (Å²) in [4.78, 5) is 0. The Balaban J connectivity index is 4.70. The van der Waals surface area contributed by atoms with Crippen LogP contribution in [-0.2, 0) is 4.74 Å². The number of hydrogen-bond donors (Lipinski definition) is 3. The maximum atomic E-state index is 6.71. The molecular weight excluding hydrogens is 322 g/mol. The van der Waals surface area contributed by atoms with Crippen LogP contribution in [0.4, 0.5) is 0 Å². The highest BCUT2D eigenvalue weighted by molar-refractivity contribution is 4.98. The van der Waals surface area contributed by atoms with E-state index in [0.29, 0.717) is 12.1 Å². The van der Waals surface area contributed by atoms with E-state index in [9.17, 15) is 0 Å². The number of hydrogen-bond acceptors (Lipinski definition) is 4. The second-order valence-electron chi connectivity index (χ2n) is 11.1. The van der Waals surface area contributed by atoms with Crippen molar-refractivity contribution in [3.63, 3.8) is 0 Å². The average molecular weight is 372 g/mol. The molecule has 4 N–H and O–H groups in total. The Labute approximate surface area is 164 Å². The Morgan fingerprint density at radius 2 is 1.35 bits per heavy atom. The van der Waals surface area contributed by atoms with E-state index in [2.05, 4.69) is 86.8 Å². The number of rotatable bonds is 13. The molecule has 0 spiro atoms. The van der Waals surface area contributed by atoms with Gasteiger partial charge in [-0.1, -0.05) is 55.4 Å². The molecule has 26 heavy (non-hydrogen) atoms. The topological polar surface area (TPSA) is 59.3 Å². The van der Waals surface area contributed by atoms with E-state index >= 15 is 0 Å². The molecule has 0 fully saturated rings. The molecule has 0 aromatic heterocycles. The highest BCUT2D eigenvalue weighted by Crippen LogP contribution is 2.41. The van der Waals surface area contributed by atoms with Crippen LogP contribution in [0.3, 0.4) is 0 Å². The molecule has 0 heterocycles. The third kappa shape index (κ3) is 10.2. The van der Waals surface area contributed by atoms with E-state index < -0.39 is 0 Å². The van der Waals surface area contributed by atoms with E-state index in [1.165, 1.54) is 0 Å². The van der Waals surface area contributed by atoms with Gasteiger partial charge in [0.1, 0.15) is 0 Å². The van der Waals surface area contributed by atoms with Crippen molar-refractivity contribution in [2.75, 3.05) is 19.7 Å². The van der Waals surface area contributed by atoms with Crippen LogP contribution in [0, 0.1) is 10.8 Å². The predicted molar refractivity (Wildman–Crippen MR) is 116 cm³/mol. The first-order valence-corrected chi connectivity index (χ1v) is 10.4. The van der Waals surface area contributed by atoms with Crippen molar-refractivity contribution in [3.05, 3.63) is 0 Å². The lowest BCUT2D eigenvalue weighted by Crippen LogP contribution is -2.58. The summed E-state index contributed by atoms with van der Waals surface area (Å²) in [5.41, 5.74) is 6.40. The third-order valence-corrected chi connectivity index (χ3v) is 5.48. The van der Waals surface area contributed by atoms with Crippen LogP contribution in [0.5, 0.6) is 0 Å². The van der Waals surface area contributed by atoms with Gasteiger partial charge in [0.05, 0.1) is 12.2 Å². The highest BCUT2D eigenvalue weighted by atomic mass is 16.5. The molecule has 4 heteroatoms. The molecular formula is C22H49N3O. The minimum Gasteiger partial charge on any atom is -0.375 e. The van der Waals surface area contributed by atoms with Crippen molar-refractivity contribution in [1.82, 2.24) is 10.6 Å². The first-order chi connectivity index (χ1) is 11.5. The largest absolute Gasteiger partial charge is 0.375 e. The number of nitrogens with two attached hydrogens (primary N) is 1. The average Bonchev–Trinajstić information content (AvgIpc) is 2.41. The van der Waals surface area contributed by atoms with E-state index in [-0.39, 0.29) is 22.0 Å². The zero-order chi connectivity index (χ0) is 20.8. The van der Waals surface area contributed by atoms with Crippen LogP contribution < -0.4 is 16.4 Å². The van der Waals surface area contributed by atoms with Gasteiger partial charge in [-0.3, -0.25) is 0 Å². The zero-order valence-corrected chi connectivity index (χ0v) is 19.7. The van der Waals surface area contributed by atoms with Crippen molar-refractivity contribution in [1.29, 1.82) is 0 Å². The predicted octanol–water partition coefficient (Wildman–Crippen LogP) is 4.33. The van der Waals surface area contributed by atoms with Crippen molar-refractivity contribution < 1.29 is 4.74 Å². The lowest BCUT2D eigenvalue weighted by Gasteiger charge is -2.46. The van der Waals surface area contributed by atoms with Gasteiger partial charge in [-0.15, -0.1) is 0 Å². The molecule has 0 bridgehead atoms. The molecule has 158 valence electrons. The highest BCUT2D eigenvalue weighted by Gasteiger charge is 2.41. The third-order valence-electron chi connectivity index (χ3n) is 5.48. The van der Waals surface area contributed by atoms with Gasteiger partial charge in [0.25, 0.3) is 0 Å². The summed E-state index contributed by atoms with van der Waals surface area (Å²) >= 11 is 0. The van der Waals surface area contributed by atoms with Crippen LogP contribution in [-0.4, -0.2) is 42.9 Å². The molecule has 0 aromatic rings. The van der Waals surface area contributed by atoms with Gasteiger partial charge < -0.3 is 21.1 Å². The Morgan fingerprint density at radius 3 is 1.81 bits per heavy atom. The van der Waals surface area contributed by atoms with Gasteiger partial charge >= 0.3 is 0 Å². The summed E-state index contributed by atoms with van der Waals surface area (Å²) in [6.07, 6.45) is 2.03. The Bertz CT molecular complexity index is 398. The summed E-state index contributed by atoms with van der Waals surface area (Å²) in [7, 11) is 0. The fraction of sp³-hybridized carbons (Fsp3) is 1.00. The van der Waals surface area contributed by atoms with E-state index in [1.807, 2.05) is 0 Å². The first-order valence-electron chi connectivity index (χ1n) is 10.4. The molecule has 0 aliphatic rings. The van der Waals surface area contributed by atoms with Crippen LogP contribution in [0.25, 0.3) is 0 Å². The zero-order valence-electron chi connectivity index (χ0n) is 19.7. The van der Waals surface area contributed by atoms with Crippen LogP contribution >= 0.6 is 0 Å². The summed E-state index contributed by atoms with van der Waals surface area (Å²) in [6, 6.07) is 0.968. The summed E-state index contributed by atoms with van der Waals surface area (Å²) in [6.45, 7) is 26.9. The second kappa shape index (κ2) is 9.86. The van der Waals surface area contributed by atoms with Crippen LogP contribution in [0.1, 0.15) is 89.0 Å². The van der Waals surface area contributed by atoms with Gasteiger partial charge in [-0.2, -0.15) is 0 Å². The van der Waals surface area contributed by atoms with Crippen LogP contribution in [0.2, 0.25) is 0 Å². The molecule has 4 nitrogen and oxygen atoms in total. The van der Waals surface area contributed by atoms with Gasteiger partial charge in [-0.25, -0.2) is 0 Å². The van der Waals surface area contributed by atoms with E-state index in [4.69, 9.17) is 10.5 Å². The Hall–Kier alpha value is -0.160. The first kappa shape index (κ1) is 25.8. The molecule has 1 atom stereocenters. The molecule has 0 saturated carbocycles. The SMILES string of the molecule is CC(C)NCCC(C)(C)OCC(C)(C)CC(C)(C)C(C)(N)CNC(C)C. The molecule has 0 saturated heterocycles. The Kier molecular flexibility index (Phi) is 9.80. The van der Waals surface area contributed by atoms with Crippen molar-refractivity contribution in [2.24, 2.45) is 16.6 Å². The minimum atomic E-state index is -0.273. The lowest BCUT2D eigenvalue weighted by molar-refractivity contribution is -0.0718. The normalized spacial score (nSPS) is 16.4. The lowest BCUT2D eigenvalue weighted by atomic mass is 9.65.